The predicted molar refractivity (Wildman–Crippen MR) is 106 cm³/mol. The number of nitrogens with zero attached hydrogens (tertiary/aromatic N) is 3. The highest BCUT2D eigenvalue weighted by molar-refractivity contribution is 6.31. The molecule has 1 amide bonds. The third kappa shape index (κ3) is 3.93. The van der Waals surface area contributed by atoms with Gasteiger partial charge in [-0.15, -0.1) is 0 Å². The normalized spacial score (nSPS) is 24.1. The Hall–Kier alpha value is -2.54. The molecule has 0 aromatic carbocycles. The Morgan fingerprint density at radius 3 is 3.11 bits per heavy atom. The van der Waals surface area contributed by atoms with Gasteiger partial charge >= 0.3 is 0 Å². The van der Waals surface area contributed by atoms with Gasteiger partial charge < -0.3 is 20.9 Å². The molecule has 3 N–H and O–H groups in total. The van der Waals surface area contributed by atoms with E-state index in [0.29, 0.717) is 16.8 Å². The first-order valence-corrected chi connectivity index (χ1v) is 9.60. The van der Waals surface area contributed by atoms with Crippen LogP contribution in [0.1, 0.15) is 25.6 Å². The van der Waals surface area contributed by atoms with E-state index in [9.17, 15) is 4.79 Å². The fourth-order valence-electron chi connectivity index (χ4n) is 3.69. The highest BCUT2D eigenvalue weighted by atomic mass is 35.5. The van der Waals surface area contributed by atoms with Crippen LogP contribution in [0.4, 0.5) is 5.82 Å². The quantitative estimate of drug-likeness (QED) is 0.734. The lowest BCUT2D eigenvalue weighted by molar-refractivity contribution is -0.130. The number of amides is 1. The Labute approximate surface area is 163 Å². The number of aromatic nitrogens is 2. The van der Waals surface area contributed by atoms with E-state index in [1.807, 2.05) is 23.2 Å². The van der Waals surface area contributed by atoms with Gasteiger partial charge in [0.1, 0.15) is 12.0 Å². The van der Waals surface area contributed by atoms with Gasteiger partial charge in [-0.05, 0) is 30.9 Å². The molecule has 3 aliphatic heterocycles. The topological polar surface area (TPSA) is 82.2 Å². The maximum atomic E-state index is 11.6. The number of rotatable bonds is 4. The Morgan fingerprint density at radius 1 is 1.41 bits per heavy atom. The Morgan fingerprint density at radius 2 is 2.26 bits per heavy atom. The first-order valence-electron chi connectivity index (χ1n) is 9.23. The monoisotopic (exact) mass is 386 g/mol. The summed E-state index contributed by atoms with van der Waals surface area (Å²) in [5.41, 5.74) is 1.96. The molecule has 0 bridgehead atoms. The molecule has 2 atom stereocenters. The molecule has 1 fully saturated rings. The number of halogens is 1. The molecule has 1 unspecified atom stereocenters. The van der Waals surface area contributed by atoms with Crippen molar-refractivity contribution in [3.63, 3.8) is 0 Å². The van der Waals surface area contributed by atoms with E-state index in [-0.39, 0.29) is 12.1 Å². The van der Waals surface area contributed by atoms with Gasteiger partial charge in [-0.2, -0.15) is 0 Å². The second kappa shape index (κ2) is 7.60. The lowest BCUT2D eigenvalue weighted by Crippen LogP contribution is -2.40. The van der Waals surface area contributed by atoms with E-state index in [1.165, 1.54) is 0 Å². The van der Waals surface area contributed by atoms with E-state index in [0.717, 1.165) is 49.4 Å². The van der Waals surface area contributed by atoms with Crippen molar-refractivity contribution >= 4 is 28.9 Å². The number of carbonyl (C=O) groups excluding carboxylic acids is 1. The zero-order chi connectivity index (χ0) is 18.8. The van der Waals surface area contributed by atoms with Crippen LogP contribution in [0.15, 0.2) is 41.3 Å². The van der Waals surface area contributed by atoms with Gasteiger partial charge in [0, 0.05) is 56.3 Å². The molecular formula is C19H23ClN6O. The van der Waals surface area contributed by atoms with E-state index in [2.05, 4.69) is 25.9 Å². The summed E-state index contributed by atoms with van der Waals surface area (Å²) < 4.78 is 0. The molecule has 0 spiro atoms. The molecule has 142 valence electrons. The molecule has 8 heteroatoms. The van der Waals surface area contributed by atoms with E-state index in [4.69, 9.17) is 11.6 Å². The SMILES string of the molecule is CC(=O)N1CCC[C@H](CNc2ccnc(C3=CNC4NC=C(Cl)C=C34)n2)C1. The standard InChI is InChI=1S/C19H23ClN6O/c1-12(27)26-6-2-3-13(11-26)8-22-17-4-5-21-19(25-17)16-10-24-18-15(16)7-14(20)9-23-18/h4-5,7,9-10,13,18,23-24H,2-3,6,8,11H2,1H3,(H,21,22,25)/t13-,18?/m1/s1. The van der Waals surface area contributed by atoms with Gasteiger partial charge in [-0.3, -0.25) is 4.79 Å². The number of allylic oxidation sites excluding steroid dienone is 2. The van der Waals surface area contributed by atoms with Gasteiger partial charge in [0.2, 0.25) is 5.91 Å². The van der Waals surface area contributed by atoms with Crippen molar-refractivity contribution in [1.82, 2.24) is 25.5 Å². The summed E-state index contributed by atoms with van der Waals surface area (Å²) in [6.45, 7) is 4.10. The predicted octanol–water partition coefficient (Wildman–Crippen LogP) is 2.03. The van der Waals surface area contributed by atoms with Crippen LogP contribution < -0.4 is 16.0 Å². The number of nitrogens with one attached hydrogen (secondary N) is 3. The zero-order valence-corrected chi connectivity index (χ0v) is 16.0. The maximum Gasteiger partial charge on any atom is 0.219 e. The second-order valence-electron chi connectivity index (χ2n) is 7.07. The van der Waals surface area contributed by atoms with Crippen molar-refractivity contribution in [2.75, 3.05) is 25.0 Å². The molecule has 1 aromatic rings. The van der Waals surface area contributed by atoms with E-state index in [1.54, 1.807) is 19.3 Å². The van der Waals surface area contributed by atoms with Crippen molar-refractivity contribution in [1.29, 1.82) is 0 Å². The van der Waals surface area contributed by atoms with Gasteiger partial charge in [0.05, 0.1) is 5.03 Å². The summed E-state index contributed by atoms with van der Waals surface area (Å²) in [6.07, 6.45) is 9.55. The first kappa shape index (κ1) is 17.9. The lowest BCUT2D eigenvalue weighted by atomic mass is 9.98. The van der Waals surface area contributed by atoms with E-state index < -0.39 is 0 Å². The molecule has 3 aliphatic rings. The number of carbonyl (C=O) groups is 1. The minimum absolute atomic E-state index is 0.00233. The van der Waals surface area contributed by atoms with Crippen LogP contribution in [0, 0.1) is 5.92 Å². The van der Waals surface area contributed by atoms with E-state index >= 15 is 0 Å². The van der Waals surface area contributed by atoms with Gasteiger partial charge in [-0.25, -0.2) is 9.97 Å². The van der Waals surface area contributed by atoms with Crippen LogP contribution in [0.25, 0.3) is 5.57 Å². The summed E-state index contributed by atoms with van der Waals surface area (Å²) in [6, 6.07) is 1.87. The fraction of sp³-hybridized carbons (Fsp3) is 0.421. The summed E-state index contributed by atoms with van der Waals surface area (Å²) in [7, 11) is 0. The van der Waals surface area contributed by atoms with Crippen LogP contribution in [-0.2, 0) is 4.79 Å². The van der Waals surface area contributed by atoms with Crippen LogP contribution >= 0.6 is 11.6 Å². The molecular weight excluding hydrogens is 364 g/mol. The summed E-state index contributed by atoms with van der Waals surface area (Å²) >= 11 is 6.12. The molecule has 1 aromatic heterocycles. The van der Waals surface area contributed by atoms with Crippen molar-refractivity contribution in [3.8, 4) is 0 Å². The fourth-order valence-corrected chi connectivity index (χ4v) is 3.88. The Balaban J connectivity index is 1.43. The number of anilines is 1. The van der Waals surface area contributed by atoms with Gasteiger partial charge in [0.25, 0.3) is 0 Å². The second-order valence-corrected chi connectivity index (χ2v) is 7.51. The highest BCUT2D eigenvalue weighted by Crippen LogP contribution is 2.30. The maximum absolute atomic E-state index is 11.6. The molecule has 1 saturated heterocycles. The Kier molecular flexibility index (Phi) is 5.03. The van der Waals surface area contributed by atoms with Crippen LogP contribution in [0.2, 0.25) is 0 Å². The summed E-state index contributed by atoms with van der Waals surface area (Å²) in [5, 5.41) is 10.5. The summed E-state index contributed by atoms with van der Waals surface area (Å²) in [4.78, 5) is 22.6. The number of hydrogen-bond acceptors (Lipinski definition) is 6. The smallest absolute Gasteiger partial charge is 0.219 e. The number of likely N-dealkylation sites (tertiary alicyclic amines) is 1. The third-order valence-corrected chi connectivity index (χ3v) is 5.35. The molecule has 0 aliphatic carbocycles. The average molecular weight is 387 g/mol. The van der Waals surface area contributed by atoms with Crippen molar-refractivity contribution < 1.29 is 4.79 Å². The van der Waals surface area contributed by atoms with Gasteiger partial charge in [-0.1, -0.05) is 11.6 Å². The van der Waals surface area contributed by atoms with Crippen LogP contribution in [0.5, 0.6) is 0 Å². The number of piperidine rings is 1. The highest BCUT2D eigenvalue weighted by Gasteiger charge is 2.27. The zero-order valence-electron chi connectivity index (χ0n) is 15.2. The first-order chi connectivity index (χ1) is 13.1. The molecule has 4 heterocycles. The molecule has 7 nitrogen and oxygen atoms in total. The molecule has 0 radical (unpaired) electrons. The third-order valence-electron chi connectivity index (χ3n) is 5.13. The number of fused-ring (bicyclic) bond motifs is 1. The van der Waals surface area contributed by atoms with Gasteiger partial charge in [0.15, 0.2) is 5.82 Å². The number of hydrogen-bond donors (Lipinski definition) is 3. The van der Waals surface area contributed by atoms with Crippen LogP contribution in [-0.4, -0.2) is 46.6 Å². The average Bonchev–Trinajstić information content (AvgIpc) is 3.10. The largest absolute Gasteiger partial charge is 0.370 e. The minimum Gasteiger partial charge on any atom is -0.370 e. The van der Waals surface area contributed by atoms with Crippen molar-refractivity contribution in [3.05, 3.63) is 47.2 Å². The van der Waals surface area contributed by atoms with Crippen molar-refractivity contribution in [2.24, 2.45) is 5.92 Å². The molecule has 0 saturated carbocycles. The lowest BCUT2D eigenvalue weighted by Gasteiger charge is -2.32. The molecule has 4 rings (SSSR count). The summed E-state index contributed by atoms with van der Waals surface area (Å²) in [5.74, 6) is 2.03. The Bertz CT molecular complexity index is 833. The van der Waals surface area contributed by atoms with Crippen molar-refractivity contribution in [2.45, 2.75) is 25.9 Å². The molecule has 27 heavy (non-hydrogen) atoms. The van der Waals surface area contributed by atoms with Crippen LogP contribution in [0.3, 0.4) is 0 Å². The number of dihydropyridines is 1. The minimum atomic E-state index is 0.00233.